The Hall–Kier alpha value is -2.10. The van der Waals surface area contributed by atoms with Crippen LogP contribution in [0.15, 0.2) is 42.0 Å². The van der Waals surface area contributed by atoms with E-state index in [1.807, 2.05) is 51.1 Å². The maximum absolute atomic E-state index is 12.7. The lowest BCUT2D eigenvalue weighted by Gasteiger charge is -2.30. The highest BCUT2D eigenvalue weighted by Gasteiger charge is 2.27. The number of carbonyl (C=O) groups excluding carboxylic acids is 2. The summed E-state index contributed by atoms with van der Waals surface area (Å²) in [6, 6.07) is 9.35. The number of amides is 2. The van der Waals surface area contributed by atoms with Gasteiger partial charge < -0.3 is 10.2 Å². The lowest BCUT2D eigenvalue weighted by molar-refractivity contribution is -0.143. The Morgan fingerprint density at radius 2 is 1.85 bits per heavy atom. The number of nitrogens with one attached hydrogen (secondary N) is 1. The number of carbonyl (C=O) groups is 2. The zero-order chi connectivity index (χ0) is 18.9. The fourth-order valence-corrected chi connectivity index (χ4v) is 3.28. The van der Waals surface area contributed by atoms with Gasteiger partial charge in [0.25, 0.3) is 0 Å². The van der Waals surface area contributed by atoms with Crippen molar-refractivity contribution in [3.63, 3.8) is 0 Å². The number of rotatable bonds is 8. The summed E-state index contributed by atoms with van der Waals surface area (Å²) in [5.74, 6) is -0.209. The minimum Gasteiger partial charge on any atom is -0.354 e. The first-order valence-corrected chi connectivity index (χ1v) is 9.79. The monoisotopic (exact) mass is 356 g/mol. The van der Waals surface area contributed by atoms with Gasteiger partial charge in [-0.2, -0.15) is 0 Å². The molecule has 0 unspecified atom stereocenters. The van der Waals surface area contributed by atoms with Crippen LogP contribution in [-0.2, 0) is 16.1 Å². The van der Waals surface area contributed by atoms with Crippen LogP contribution >= 0.6 is 0 Å². The van der Waals surface area contributed by atoms with Crippen LogP contribution in [0.5, 0.6) is 0 Å². The van der Waals surface area contributed by atoms with E-state index in [-0.39, 0.29) is 17.7 Å². The molecule has 26 heavy (non-hydrogen) atoms. The van der Waals surface area contributed by atoms with Crippen molar-refractivity contribution in [1.29, 1.82) is 0 Å². The molecule has 4 heteroatoms. The lowest BCUT2D eigenvalue weighted by atomic mass is 9.97. The standard InChI is InChI=1S/C22H32N2O2/c1-17(2)22(26)24(16-20-12-8-5-9-13-20)18(3)21(25)23-15-14-19-10-6-4-7-11-19/h5,8-10,12-13,17-18H,4,6-7,11,14-16H2,1-3H3,(H,23,25)/t18-/m0/s1. The molecule has 0 saturated carbocycles. The number of hydrogen-bond donors (Lipinski definition) is 1. The Morgan fingerprint density at radius 3 is 2.46 bits per heavy atom. The summed E-state index contributed by atoms with van der Waals surface area (Å²) in [6.07, 6.45) is 8.06. The lowest BCUT2D eigenvalue weighted by Crippen LogP contribution is -2.49. The molecule has 0 saturated heterocycles. The second-order valence-electron chi connectivity index (χ2n) is 7.43. The largest absolute Gasteiger partial charge is 0.354 e. The summed E-state index contributed by atoms with van der Waals surface area (Å²) in [7, 11) is 0. The van der Waals surface area contributed by atoms with Crippen molar-refractivity contribution >= 4 is 11.8 Å². The molecule has 0 heterocycles. The van der Waals surface area contributed by atoms with Crippen molar-refractivity contribution in [2.45, 2.75) is 65.5 Å². The summed E-state index contributed by atoms with van der Waals surface area (Å²) < 4.78 is 0. The van der Waals surface area contributed by atoms with E-state index in [4.69, 9.17) is 0 Å². The van der Waals surface area contributed by atoms with Gasteiger partial charge in [-0.15, -0.1) is 0 Å². The van der Waals surface area contributed by atoms with Crippen molar-refractivity contribution in [1.82, 2.24) is 10.2 Å². The van der Waals surface area contributed by atoms with Crippen LogP contribution < -0.4 is 5.32 Å². The van der Waals surface area contributed by atoms with E-state index in [0.717, 1.165) is 24.8 Å². The normalized spacial score (nSPS) is 15.3. The molecule has 0 bridgehead atoms. The first-order chi connectivity index (χ1) is 12.5. The SMILES string of the molecule is CC(C)C(=O)N(Cc1ccccc1)[C@@H](C)C(=O)NCCC1=CCCCC1. The average Bonchev–Trinajstić information content (AvgIpc) is 2.66. The molecule has 1 N–H and O–H groups in total. The Labute approximate surface area is 157 Å². The minimum atomic E-state index is -0.481. The van der Waals surface area contributed by atoms with E-state index in [1.165, 1.54) is 18.4 Å². The second kappa shape index (κ2) is 10.1. The molecule has 142 valence electrons. The predicted molar refractivity (Wildman–Crippen MR) is 105 cm³/mol. The summed E-state index contributed by atoms with van der Waals surface area (Å²) in [6.45, 7) is 6.67. The highest BCUT2D eigenvalue weighted by molar-refractivity contribution is 5.88. The van der Waals surface area contributed by atoms with Gasteiger partial charge in [-0.05, 0) is 44.6 Å². The van der Waals surface area contributed by atoms with Gasteiger partial charge in [0, 0.05) is 19.0 Å². The van der Waals surface area contributed by atoms with Crippen molar-refractivity contribution < 1.29 is 9.59 Å². The maximum Gasteiger partial charge on any atom is 0.242 e. The van der Waals surface area contributed by atoms with E-state index in [2.05, 4.69) is 11.4 Å². The van der Waals surface area contributed by atoms with Crippen LogP contribution in [0.25, 0.3) is 0 Å². The van der Waals surface area contributed by atoms with Crippen LogP contribution in [0.1, 0.15) is 58.4 Å². The predicted octanol–water partition coefficient (Wildman–Crippen LogP) is 4.07. The van der Waals surface area contributed by atoms with Crippen LogP contribution in [-0.4, -0.2) is 29.3 Å². The van der Waals surface area contributed by atoms with E-state index in [9.17, 15) is 9.59 Å². The molecule has 1 aliphatic carbocycles. The molecule has 1 aliphatic rings. The van der Waals surface area contributed by atoms with E-state index >= 15 is 0 Å². The quantitative estimate of drug-likeness (QED) is 0.714. The van der Waals surface area contributed by atoms with E-state index < -0.39 is 6.04 Å². The third kappa shape index (κ3) is 6.01. The highest BCUT2D eigenvalue weighted by Crippen LogP contribution is 2.19. The first-order valence-electron chi connectivity index (χ1n) is 9.79. The molecule has 4 nitrogen and oxygen atoms in total. The van der Waals surface area contributed by atoms with Gasteiger partial charge in [-0.25, -0.2) is 0 Å². The molecule has 2 rings (SSSR count). The smallest absolute Gasteiger partial charge is 0.242 e. The Morgan fingerprint density at radius 1 is 1.12 bits per heavy atom. The maximum atomic E-state index is 12.7. The number of nitrogens with zero attached hydrogens (tertiary/aromatic N) is 1. The van der Waals surface area contributed by atoms with Gasteiger partial charge >= 0.3 is 0 Å². The molecule has 0 aliphatic heterocycles. The molecule has 0 aromatic heterocycles. The first kappa shape index (κ1) is 20.2. The summed E-state index contributed by atoms with van der Waals surface area (Å²) in [4.78, 5) is 27.0. The number of allylic oxidation sites excluding steroid dienone is 1. The minimum absolute atomic E-state index is 0.00601. The molecule has 0 radical (unpaired) electrons. The van der Waals surface area contributed by atoms with Gasteiger partial charge in [-0.1, -0.05) is 55.8 Å². The van der Waals surface area contributed by atoms with Gasteiger partial charge in [0.05, 0.1) is 0 Å². The number of hydrogen-bond acceptors (Lipinski definition) is 2. The molecule has 0 fully saturated rings. The van der Waals surface area contributed by atoms with Crippen molar-refractivity contribution in [3.8, 4) is 0 Å². The summed E-state index contributed by atoms with van der Waals surface area (Å²) >= 11 is 0. The molecule has 1 aromatic carbocycles. The summed E-state index contributed by atoms with van der Waals surface area (Å²) in [5, 5.41) is 3.02. The Balaban J connectivity index is 1.95. The molecule has 1 atom stereocenters. The average molecular weight is 357 g/mol. The molecule has 0 spiro atoms. The van der Waals surface area contributed by atoms with Crippen LogP contribution in [0.4, 0.5) is 0 Å². The molecule has 1 aromatic rings. The topological polar surface area (TPSA) is 49.4 Å². The summed E-state index contributed by atoms with van der Waals surface area (Å²) in [5.41, 5.74) is 2.48. The van der Waals surface area contributed by atoms with Gasteiger partial charge in [-0.3, -0.25) is 9.59 Å². The van der Waals surface area contributed by atoms with Gasteiger partial charge in [0.2, 0.25) is 11.8 Å². The third-order valence-electron chi connectivity index (χ3n) is 4.95. The fourth-order valence-electron chi connectivity index (χ4n) is 3.28. The highest BCUT2D eigenvalue weighted by atomic mass is 16.2. The Bertz CT molecular complexity index is 622. The fraction of sp³-hybridized carbons (Fsp3) is 0.545. The van der Waals surface area contributed by atoms with E-state index in [0.29, 0.717) is 13.1 Å². The van der Waals surface area contributed by atoms with Crippen LogP contribution in [0.3, 0.4) is 0 Å². The Kier molecular flexibility index (Phi) is 7.89. The van der Waals surface area contributed by atoms with Gasteiger partial charge in [0.1, 0.15) is 6.04 Å². The van der Waals surface area contributed by atoms with E-state index in [1.54, 1.807) is 4.90 Å². The van der Waals surface area contributed by atoms with Crippen LogP contribution in [0, 0.1) is 5.92 Å². The van der Waals surface area contributed by atoms with Gasteiger partial charge in [0.15, 0.2) is 0 Å². The van der Waals surface area contributed by atoms with Crippen molar-refractivity contribution in [2.75, 3.05) is 6.54 Å². The number of benzene rings is 1. The molecular weight excluding hydrogens is 324 g/mol. The zero-order valence-corrected chi connectivity index (χ0v) is 16.3. The molecular formula is C22H32N2O2. The van der Waals surface area contributed by atoms with Crippen LogP contribution in [0.2, 0.25) is 0 Å². The van der Waals surface area contributed by atoms with Crippen molar-refractivity contribution in [2.24, 2.45) is 5.92 Å². The zero-order valence-electron chi connectivity index (χ0n) is 16.3. The third-order valence-corrected chi connectivity index (χ3v) is 4.95. The van der Waals surface area contributed by atoms with Crippen molar-refractivity contribution in [3.05, 3.63) is 47.5 Å². The molecule has 2 amide bonds. The second-order valence-corrected chi connectivity index (χ2v) is 7.43.